The molecule has 0 radical (unpaired) electrons. The molecule has 0 unspecified atom stereocenters. The maximum Gasteiger partial charge on any atom is 0.166 e. The van der Waals surface area contributed by atoms with Crippen LogP contribution in [0, 0.1) is 15.3 Å². The molecule has 0 aliphatic rings. The number of benzene rings is 2. The number of nitriles is 1. The highest BCUT2D eigenvalue weighted by Crippen LogP contribution is 2.29. The summed E-state index contributed by atoms with van der Waals surface area (Å²) in [6.45, 7) is 0. The van der Waals surface area contributed by atoms with E-state index in [4.69, 9.17) is 12.2 Å². The van der Waals surface area contributed by atoms with Crippen molar-refractivity contribution in [3.05, 3.63) is 57.5 Å². The number of nitrogens with zero attached hydrogens (tertiary/aromatic N) is 3. The Balaban J connectivity index is 1.92. The van der Waals surface area contributed by atoms with Crippen molar-refractivity contribution in [2.45, 2.75) is 0 Å². The van der Waals surface area contributed by atoms with Crippen molar-refractivity contribution >= 4 is 67.1 Å². The van der Waals surface area contributed by atoms with E-state index in [9.17, 15) is 5.26 Å². The quantitative estimate of drug-likeness (QED) is 0.350. The molecule has 3 nitrogen and oxygen atoms in total. The third-order valence-corrected chi connectivity index (χ3v) is 5.87. The number of aromatic nitrogens is 2. The summed E-state index contributed by atoms with van der Waals surface area (Å²) in [5, 5.41) is 10.3. The van der Waals surface area contributed by atoms with Gasteiger partial charge in [0.15, 0.2) is 3.95 Å². The predicted octanol–water partition coefficient (Wildman–Crippen LogP) is 5.56. The zero-order valence-electron chi connectivity index (χ0n) is 11.8. The third kappa shape index (κ3) is 2.49. The summed E-state index contributed by atoms with van der Waals surface area (Å²) in [7, 11) is 0. The van der Waals surface area contributed by atoms with Crippen molar-refractivity contribution in [1.29, 1.82) is 5.26 Å². The molecule has 0 amide bonds. The van der Waals surface area contributed by atoms with Gasteiger partial charge in [-0.15, -0.1) is 22.7 Å². The number of hydrogen-bond donors (Lipinski definition) is 0. The van der Waals surface area contributed by atoms with Gasteiger partial charge in [0.2, 0.25) is 0 Å². The summed E-state index contributed by atoms with van der Waals surface area (Å²) >= 11 is 8.50. The van der Waals surface area contributed by atoms with Crippen molar-refractivity contribution in [2.75, 3.05) is 0 Å². The monoisotopic (exact) mass is 351 g/mol. The molecule has 4 rings (SSSR count). The molecule has 0 fully saturated rings. The van der Waals surface area contributed by atoms with E-state index in [1.54, 1.807) is 6.20 Å². The lowest BCUT2D eigenvalue weighted by Crippen LogP contribution is -1.88. The van der Waals surface area contributed by atoms with Crippen LogP contribution in [0.2, 0.25) is 0 Å². The second kappa shape index (κ2) is 5.70. The minimum atomic E-state index is 0.519. The van der Waals surface area contributed by atoms with Gasteiger partial charge in [0.1, 0.15) is 16.6 Å². The molecule has 0 aliphatic heterocycles. The molecule has 0 atom stereocenters. The summed E-state index contributed by atoms with van der Waals surface area (Å²) in [5.41, 5.74) is 2.44. The van der Waals surface area contributed by atoms with Gasteiger partial charge in [-0.25, -0.2) is 4.98 Å². The first-order valence-corrected chi connectivity index (χ1v) is 8.88. The Bertz CT molecular complexity index is 1120. The fourth-order valence-corrected chi connectivity index (χ4v) is 4.56. The van der Waals surface area contributed by atoms with Gasteiger partial charge in [-0.3, -0.25) is 4.57 Å². The average molecular weight is 351 g/mol. The second-order valence-electron chi connectivity index (χ2n) is 4.85. The SMILES string of the molecule is N#C/C(=C/n1c(=S)sc2ccccc21)c1nc2ccccc2s1. The van der Waals surface area contributed by atoms with Crippen molar-refractivity contribution in [1.82, 2.24) is 9.55 Å². The van der Waals surface area contributed by atoms with E-state index in [1.165, 1.54) is 22.7 Å². The van der Waals surface area contributed by atoms with Gasteiger partial charge >= 0.3 is 0 Å². The van der Waals surface area contributed by atoms with Gasteiger partial charge in [-0.05, 0) is 36.5 Å². The van der Waals surface area contributed by atoms with E-state index in [2.05, 4.69) is 11.1 Å². The summed E-state index contributed by atoms with van der Waals surface area (Å²) < 4.78 is 4.79. The lowest BCUT2D eigenvalue weighted by Gasteiger charge is -1.98. The van der Waals surface area contributed by atoms with Gasteiger partial charge in [0, 0.05) is 6.20 Å². The minimum absolute atomic E-state index is 0.519. The lowest BCUT2D eigenvalue weighted by atomic mass is 10.3. The van der Waals surface area contributed by atoms with Crippen molar-refractivity contribution in [3.8, 4) is 6.07 Å². The standard InChI is InChI=1S/C17H9N3S3/c18-9-11(16-19-12-5-1-3-7-14(12)22-16)10-20-13-6-2-4-8-15(13)23-17(20)21/h1-8,10H/b11-10-. The smallest absolute Gasteiger partial charge is 0.166 e. The molecule has 6 heteroatoms. The normalized spacial score (nSPS) is 11.9. The van der Waals surface area contributed by atoms with Crippen LogP contribution in [0.4, 0.5) is 0 Å². The first-order valence-electron chi connectivity index (χ1n) is 6.84. The highest BCUT2D eigenvalue weighted by molar-refractivity contribution is 7.73. The molecule has 0 spiro atoms. The van der Waals surface area contributed by atoms with Gasteiger partial charge < -0.3 is 0 Å². The van der Waals surface area contributed by atoms with Crippen LogP contribution < -0.4 is 0 Å². The fourth-order valence-electron chi connectivity index (χ4n) is 2.35. The Hall–Kier alpha value is -2.33. The molecule has 0 bridgehead atoms. The molecule has 2 aromatic carbocycles. The maximum atomic E-state index is 9.57. The van der Waals surface area contributed by atoms with Crippen molar-refractivity contribution in [3.63, 3.8) is 0 Å². The topological polar surface area (TPSA) is 41.6 Å². The third-order valence-electron chi connectivity index (χ3n) is 3.42. The van der Waals surface area contributed by atoms with Crippen molar-refractivity contribution < 1.29 is 0 Å². The molecule has 0 saturated carbocycles. The summed E-state index contributed by atoms with van der Waals surface area (Å²) in [6, 6.07) is 18.1. The highest BCUT2D eigenvalue weighted by atomic mass is 32.1. The molecule has 0 N–H and O–H groups in total. The van der Waals surface area contributed by atoms with Gasteiger partial charge in [-0.2, -0.15) is 5.26 Å². The van der Waals surface area contributed by atoms with Crippen LogP contribution in [-0.2, 0) is 0 Å². The van der Waals surface area contributed by atoms with Crippen molar-refractivity contribution in [2.24, 2.45) is 0 Å². The Labute approximate surface area is 145 Å². The number of fused-ring (bicyclic) bond motifs is 2. The summed E-state index contributed by atoms with van der Waals surface area (Å²) in [6.07, 6.45) is 1.79. The molecule has 0 saturated heterocycles. The lowest BCUT2D eigenvalue weighted by molar-refractivity contribution is 1.22. The van der Waals surface area contributed by atoms with E-state index in [1.807, 2.05) is 53.1 Å². The zero-order chi connectivity index (χ0) is 15.8. The number of rotatable bonds is 2. The largest absolute Gasteiger partial charge is 0.297 e. The summed E-state index contributed by atoms with van der Waals surface area (Å²) in [4.78, 5) is 4.56. The van der Waals surface area contributed by atoms with E-state index >= 15 is 0 Å². The molecule has 110 valence electrons. The fraction of sp³-hybridized carbons (Fsp3) is 0. The van der Waals surface area contributed by atoms with E-state index < -0.39 is 0 Å². The number of thiazole rings is 2. The Morgan fingerprint density at radius 2 is 1.83 bits per heavy atom. The molecule has 4 aromatic rings. The van der Waals surface area contributed by atoms with Crippen LogP contribution in [0.5, 0.6) is 0 Å². The molecule has 2 aromatic heterocycles. The van der Waals surface area contributed by atoms with E-state index in [0.717, 1.165) is 24.4 Å². The van der Waals surface area contributed by atoms with Gasteiger partial charge in [-0.1, -0.05) is 24.3 Å². The molecular formula is C17H9N3S3. The first kappa shape index (κ1) is 14.3. The van der Waals surface area contributed by atoms with Crippen LogP contribution in [-0.4, -0.2) is 9.55 Å². The number of para-hydroxylation sites is 2. The molecule has 23 heavy (non-hydrogen) atoms. The van der Waals surface area contributed by atoms with Gasteiger partial charge in [0.25, 0.3) is 0 Å². The van der Waals surface area contributed by atoms with Crippen LogP contribution in [0.1, 0.15) is 5.01 Å². The van der Waals surface area contributed by atoms with Crippen LogP contribution >= 0.6 is 34.9 Å². The first-order chi connectivity index (χ1) is 11.3. The van der Waals surface area contributed by atoms with Gasteiger partial charge in [0.05, 0.1) is 20.4 Å². The van der Waals surface area contributed by atoms with Crippen LogP contribution in [0.3, 0.4) is 0 Å². The highest BCUT2D eigenvalue weighted by Gasteiger charge is 2.10. The Morgan fingerprint density at radius 1 is 1.09 bits per heavy atom. The van der Waals surface area contributed by atoms with E-state index in [-0.39, 0.29) is 0 Å². The average Bonchev–Trinajstić information content (AvgIpc) is 3.13. The Kier molecular flexibility index (Phi) is 3.54. The summed E-state index contributed by atoms with van der Waals surface area (Å²) in [5.74, 6) is 0. The maximum absolute atomic E-state index is 9.57. The van der Waals surface area contributed by atoms with Crippen LogP contribution in [0.15, 0.2) is 48.5 Å². The number of hydrogen-bond acceptors (Lipinski definition) is 5. The van der Waals surface area contributed by atoms with E-state index in [0.29, 0.717) is 10.6 Å². The van der Waals surface area contributed by atoms with Crippen LogP contribution in [0.25, 0.3) is 32.2 Å². The minimum Gasteiger partial charge on any atom is -0.297 e. The zero-order valence-corrected chi connectivity index (χ0v) is 14.2. The molecule has 0 aliphatic carbocycles. The second-order valence-corrected chi connectivity index (χ2v) is 7.55. The Morgan fingerprint density at radius 3 is 2.61 bits per heavy atom. The number of allylic oxidation sites excluding steroid dienone is 1. The molecule has 2 heterocycles. The predicted molar refractivity (Wildman–Crippen MR) is 100 cm³/mol. The molecular weight excluding hydrogens is 342 g/mol.